The summed E-state index contributed by atoms with van der Waals surface area (Å²) in [7, 11) is -7.71. The maximum Gasteiger partial charge on any atom is 0.240 e. The van der Waals surface area contributed by atoms with Crippen molar-refractivity contribution in [3.63, 3.8) is 0 Å². The van der Waals surface area contributed by atoms with Gasteiger partial charge in [-0.2, -0.15) is 0 Å². The summed E-state index contributed by atoms with van der Waals surface area (Å²) >= 11 is 6.54. The van der Waals surface area contributed by atoms with E-state index in [-0.39, 0.29) is 47.5 Å². The second kappa shape index (κ2) is 11.7. The minimum Gasteiger partial charge on any atom is -0.395 e. The van der Waals surface area contributed by atoms with Crippen LogP contribution in [0.25, 0.3) is 0 Å². The summed E-state index contributed by atoms with van der Waals surface area (Å²) in [5.74, 6) is -0.0415. The van der Waals surface area contributed by atoms with Crippen LogP contribution in [0.2, 0.25) is 0 Å². The number of nitrogens with zero attached hydrogens (tertiary/aromatic N) is 2. The number of halogens is 1. The molecule has 16 heteroatoms. The molecule has 2 aromatic rings. The first-order chi connectivity index (χ1) is 17.5. The number of anilines is 2. The second-order valence-electron chi connectivity index (χ2n) is 7.72. The highest BCUT2D eigenvalue weighted by Crippen LogP contribution is 2.35. The van der Waals surface area contributed by atoms with Gasteiger partial charge in [-0.1, -0.05) is 11.6 Å². The molecule has 0 radical (unpaired) electrons. The number of carbonyl (C=O) groups is 1. The van der Waals surface area contributed by atoms with E-state index in [9.17, 15) is 21.6 Å². The highest BCUT2D eigenvalue weighted by molar-refractivity contribution is 7.89. The van der Waals surface area contributed by atoms with Gasteiger partial charge in [0.1, 0.15) is 11.3 Å². The van der Waals surface area contributed by atoms with Crippen LogP contribution >= 0.6 is 11.6 Å². The molecule has 0 saturated heterocycles. The van der Waals surface area contributed by atoms with Crippen molar-refractivity contribution in [1.82, 2.24) is 9.44 Å². The molecule has 37 heavy (non-hydrogen) atoms. The number of nitrogens with two attached hydrogens (primary N) is 2. The summed E-state index contributed by atoms with van der Waals surface area (Å²) in [6.45, 7) is -1.03. The first-order valence-corrected chi connectivity index (χ1v) is 14.2. The number of benzene rings is 2. The van der Waals surface area contributed by atoms with Crippen LogP contribution in [0, 0.1) is 0 Å². The Kier molecular flexibility index (Phi) is 9.14. The van der Waals surface area contributed by atoms with Crippen molar-refractivity contribution in [2.45, 2.75) is 21.6 Å². The third kappa shape index (κ3) is 6.05. The first kappa shape index (κ1) is 28.8. The third-order valence-electron chi connectivity index (χ3n) is 5.41. The Labute approximate surface area is 219 Å². The highest BCUT2D eigenvalue weighted by Gasteiger charge is 2.38. The molecular formula is C21H27ClN6O7S2. The lowest BCUT2D eigenvalue weighted by Gasteiger charge is -2.46. The Morgan fingerprint density at radius 3 is 1.70 bits per heavy atom. The molecule has 0 bridgehead atoms. The molecule has 0 aliphatic carbocycles. The molecule has 0 aromatic heterocycles. The zero-order valence-corrected chi connectivity index (χ0v) is 21.7. The van der Waals surface area contributed by atoms with E-state index in [1.165, 1.54) is 58.3 Å². The molecule has 1 aliphatic rings. The molecule has 2 aromatic carbocycles. The number of hydrogen-bond acceptors (Lipinski definition) is 11. The average molecular weight is 575 g/mol. The third-order valence-corrected chi connectivity index (χ3v) is 8.81. The largest absolute Gasteiger partial charge is 0.395 e. The average Bonchev–Trinajstić information content (AvgIpc) is 2.87. The van der Waals surface area contributed by atoms with Crippen molar-refractivity contribution in [1.29, 1.82) is 0 Å². The van der Waals surface area contributed by atoms with E-state index in [0.29, 0.717) is 17.7 Å². The van der Waals surface area contributed by atoms with Crippen LogP contribution in [0.4, 0.5) is 11.4 Å². The van der Waals surface area contributed by atoms with Crippen molar-refractivity contribution in [2.75, 3.05) is 36.1 Å². The fraction of sp³-hybridized carbons (Fsp3) is 0.286. The highest BCUT2D eigenvalue weighted by atomic mass is 35.5. The SMILES string of the molecule is NC1=C(C=O)C(Cl)N(c2ccc(S(=O)(=O)NCCO)cc2)C(N)N1c1ccc(S(=O)(=O)NCCO)cc1. The van der Waals surface area contributed by atoms with Gasteiger partial charge in [0.05, 0.1) is 28.6 Å². The van der Waals surface area contributed by atoms with E-state index >= 15 is 0 Å². The Morgan fingerprint density at radius 1 is 0.865 bits per heavy atom. The van der Waals surface area contributed by atoms with Crippen LogP contribution in [0.5, 0.6) is 0 Å². The van der Waals surface area contributed by atoms with Crippen LogP contribution in [0.3, 0.4) is 0 Å². The fourth-order valence-electron chi connectivity index (χ4n) is 3.61. The van der Waals surface area contributed by atoms with E-state index < -0.39 is 31.8 Å². The predicted octanol–water partition coefficient (Wildman–Crippen LogP) is -1.27. The van der Waals surface area contributed by atoms with Crippen molar-refractivity contribution in [3.05, 3.63) is 59.9 Å². The van der Waals surface area contributed by atoms with Crippen LogP contribution in [-0.4, -0.2) is 71.4 Å². The lowest BCUT2D eigenvalue weighted by molar-refractivity contribution is -0.105. The minimum absolute atomic E-state index is 0.00834. The summed E-state index contributed by atoms with van der Waals surface area (Å²) in [5.41, 5.74) is 12.3. The topological polar surface area (TPSA) is 208 Å². The van der Waals surface area contributed by atoms with Crippen LogP contribution in [0.15, 0.2) is 69.7 Å². The second-order valence-corrected chi connectivity index (χ2v) is 11.7. The summed E-state index contributed by atoms with van der Waals surface area (Å²) in [6, 6.07) is 11.0. The maximum absolute atomic E-state index is 12.3. The van der Waals surface area contributed by atoms with Gasteiger partial charge in [0.25, 0.3) is 0 Å². The molecule has 2 atom stereocenters. The van der Waals surface area contributed by atoms with Gasteiger partial charge >= 0.3 is 0 Å². The number of aliphatic hydroxyl groups excluding tert-OH is 2. The Balaban J connectivity index is 1.98. The fourth-order valence-corrected chi connectivity index (χ4v) is 6.05. The van der Waals surface area contributed by atoms with Crippen LogP contribution in [-0.2, 0) is 24.8 Å². The summed E-state index contributed by atoms with van der Waals surface area (Å²) in [6.07, 6.45) is -0.593. The summed E-state index contributed by atoms with van der Waals surface area (Å²) < 4.78 is 53.7. The molecule has 0 spiro atoms. The smallest absolute Gasteiger partial charge is 0.240 e. The number of aldehydes is 1. The van der Waals surface area contributed by atoms with Gasteiger partial charge < -0.3 is 20.8 Å². The van der Waals surface area contributed by atoms with Gasteiger partial charge in [-0.05, 0) is 48.5 Å². The van der Waals surface area contributed by atoms with E-state index in [1.807, 2.05) is 0 Å². The van der Waals surface area contributed by atoms with Crippen molar-refractivity contribution in [3.8, 4) is 0 Å². The molecule has 0 amide bonds. The Morgan fingerprint density at radius 2 is 1.30 bits per heavy atom. The molecule has 1 heterocycles. The molecule has 202 valence electrons. The van der Waals surface area contributed by atoms with Crippen LogP contribution < -0.4 is 30.7 Å². The number of rotatable bonds is 11. The number of nitrogens with one attached hydrogen (secondary N) is 2. The van der Waals surface area contributed by atoms with Crippen molar-refractivity contribution < 1.29 is 31.8 Å². The molecule has 1 aliphatic heterocycles. The van der Waals surface area contributed by atoms with Gasteiger partial charge in [-0.15, -0.1) is 0 Å². The minimum atomic E-state index is -3.86. The standard InChI is InChI=1S/C21H27ClN6O7S2/c22-19-18(13-31)20(23)28(15-3-7-17(8-4-15)37(34,35)26-10-12-30)21(24)27(19)14-1-5-16(6-2-14)36(32,33)25-9-11-29/h1-8,13,19,21,25-26,29-30H,9-12,23-24H2. The maximum atomic E-state index is 12.3. The zero-order valence-electron chi connectivity index (χ0n) is 19.4. The number of carbonyl (C=O) groups excluding carboxylic acids is 1. The molecule has 8 N–H and O–H groups in total. The van der Waals surface area contributed by atoms with Crippen molar-refractivity contribution in [2.24, 2.45) is 11.5 Å². The van der Waals surface area contributed by atoms with Gasteiger partial charge in [0, 0.05) is 24.5 Å². The van der Waals surface area contributed by atoms with Gasteiger partial charge in [-0.25, -0.2) is 26.3 Å². The number of aliphatic hydroxyl groups is 2. The zero-order chi connectivity index (χ0) is 27.4. The molecule has 0 saturated carbocycles. The molecule has 13 nitrogen and oxygen atoms in total. The predicted molar refractivity (Wildman–Crippen MR) is 137 cm³/mol. The molecule has 2 unspecified atom stereocenters. The molecular weight excluding hydrogens is 548 g/mol. The van der Waals surface area contributed by atoms with Crippen molar-refractivity contribution >= 4 is 49.3 Å². The monoisotopic (exact) mass is 574 g/mol. The van der Waals surface area contributed by atoms with E-state index in [4.69, 9.17) is 33.3 Å². The van der Waals surface area contributed by atoms with Gasteiger partial charge in [0.15, 0.2) is 12.6 Å². The molecule has 3 rings (SSSR count). The van der Waals surface area contributed by atoms with Gasteiger partial charge in [0.2, 0.25) is 20.0 Å². The quantitative estimate of drug-likeness (QED) is 0.106. The number of hydrogen-bond donors (Lipinski definition) is 6. The number of sulfonamides is 2. The summed E-state index contributed by atoms with van der Waals surface area (Å²) in [5, 5.41) is 17.7. The summed E-state index contributed by atoms with van der Waals surface area (Å²) in [4.78, 5) is 14.6. The Bertz CT molecular complexity index is 1350. The molecule has 0 fully saturated rings. The first-order valence-electron chi connectivity index (χ1n) is 10.8. The Hall–Kier alpha value is -2.76. The normalized spacial score (nSPS) is 18.8. The van der Waals surface area contributed by atoms with E-state index in [2.05, 4.69) is 9.44 Å². The lowest BCUT2D eigenvalue weighted by atomic mass is 10.1. The van der Waals surface area contributed by atoms with E-state index in [1.54, 1.807) is 0 Å². The van der Waals surface area contributed by atoms with E-state index in [0.717, 1.165) is 0 Å². The number of alkyl halides is 1. The van der Waals surface area contributed by atoms with Gasteiger partial charge in [-0.3, -0.25) is 15.4 Å². The van der Waals surface area contributed by atoms with Crippen LogP contribution in [0.1, 0.15) is 0 Å². The lowest BCUT2D eigenvalue weighted by Crippen LogP contribution is -2.62.